The lowest BCUT2D eigenvalue weighted by molar-refractivity contribution is -0.145. The summed E-state index contributed by atoms with van der Waals surface area (Å²) < 4.78 is 38.4. The zero-order chi connectivity index (χ0) is 19.6. The minimum Gasteiger partial charge on any atom is -0.479 e. The second-order valence-electron chi connectivity index (χ2n) is 5.80. The molecular weight excluding hydrogens is 351 g/mol. The molecule has 0 aliphatic carbocycles. The maximum Gasteiger partial charge on any atom is 0.451 e. The van der Waals surface area contributed by atoms with Gasteiger partial charge in [-0.05, 0) is 43.5 Å². The van der Waals surface area contributed by atoms with E-state index in [1.165, 1.54) is 13.0 Å². The number of aliphatic carboxylic acids is 1. The van der Waals surface area contributed by atoms with Crippen molar-refractivity contribution >= 4 is 11.9 Å². The highest BCUT2D eigenvalue weighted by atomic mass is 19.4. The Kier molecular flexibility index (Phi) is 5.29. The molecular formula is C17H16F3N3O3. The summed E-state index contributed by atoms with van der Waals surface area (Å²) in [6.45, 7) is 4.91. The fraction of sp³-hybridized carbons (Fsp3) is 0.294. The molecule has 26 heavy (non-hydrogen) atoms. The van der Waals surface area contributed by atoms with E-state index in [1.807, 2.05) is 6.92 Å². The first kappa shape index (κ1) is 19.4. The van der Waals surface area contributed by atoms with Gasteiger partial charge in [-0.15, -0.1) is 0 Å². The van der Waals surface area contributed by atoms with Crippen LogP contribution in [0.3, 0.4) is 0 Å². The minimum absolute atomic E-state index is 0.0597. The quantitative estimate of drug-likeness (QED) is 0.867. The van der Waals surface area contributed by atoms with Crippen molar-refractivity contribution in [2.45, 2.75) is 33.0 Å². The van der Waals surface area contributed by atoms with Crippen LogP contribution in [0.15, 0.2) is 24.3 Å². The third kappa shape index (κ3) is 4.35. The molecule has 0 fully saturated rings. The first-order valence-electron chi connectivity index (χ1n) is 7.52. The summed E-state index contributed by atoms with van der Waals surface area (Å²) in [5.74, 6) is -3.84. The Bertz CT molecular complexity index is 866. The number of carbonyl (C=O) groups is 2. The number of nitrogens with zero attached hydrogens (tertiary/aromatic N) is 2. The average molecular weight is 367 g/mol. The summed E-state index contributed by atoms with van der Waals surface area (Å²) in [5.41, 5.74) is 1.44. The number of benzene rings is 1. The number of carbonyl (C=O) groups excluding carboxylic acids is 1. The van der Waals surface area contributed by atoms with E-state index in [-0.39, 0.29) is 5.69 Å². The summed E-state index contributed by atoms with van der Waals surface area (Å²) in [6, 6.07) is 4.47. The van der Waals surface area contributed by atoms with Crippen LogP contribution >= 0.6 is 0 Å². The Hall–Kier alpha value is -2.97. The zero-order valence-corrected chi connectivity index (χ0v) is 14.2. The van der Waals surface area contributed by atoms with E-state index in [4.69, 9.17) is 0 Å². The fourth-order valence-electron chi connectivity index (χ4n) is 2.25. The third-order valence-electron chi connectivity index (χ3n) is 3.73. The molecule has 0 bridgehead atoms. The molecule has 2 N–H and O–H groups in total. The molecule has 1 heterocycles. The van der Waals surface area contributed by atoms with Crippen molar-refractivity contribution in [3.63, 3.8) is 0 Å². The largest absolute Gasteiger partial charge is 0.479 e. The Labute approximate surface area is 147 Å². The van der Waals surface area contributed by atoms with Gasteiger partial charge in [-0.3, -0.25) is 4.79 Å². The van der Waals surface area contributed by atoms with Crippen molar-refractivity contribution in [1.29, 1.82) is 0 Å². The lowest BCUT2D eigenvalue weighted by Gasteiger charge is -2.16. The lowest BCUT2D eigenvalue weighted by Crippen LogP contribution is -2.34. The summed E-state index contributed by atoms with van der Waals surface area (Å²) in [6.07, 6.45) is -4.82. The van der Waals surface area contributed by atoms with Crippen LogP contribution in [-0.4, -0.2) is 27.0 Å². The zero-order valence-electron chi connectivity index (χ0n) is 14.2. The van der Waals surface area contributed by atoms with Crippen LogP contribution in [0.2, 0.25) is 0 Å². The van der Waals surface area contributed by atoms with E-state index in [2.05, 4.69) is 15.3 Å². The molecule has 0 aliphatic heterocycles. The van der Waals surface area contributed by atoms with Gasteiger partial charge in [-0.25, -0.2) is 14.8 Å². The minimum atomic E-state index is -4.82. The number of hydrogen-bond acceptors (Lipinski definition) is 4. The number of carboxylic acids is 1. The van der Waals surface area contributed by atoms with E-state index >= 15 is 0 Å². The van der Waals surface area contributed by atoms with Crippen LogP contribution in [0.4, 0.5) is 13.2 Å². The lowest BCUT2D eigenvalue weighted by atomic mass is 10.0. The first-order valence-corrected chi connectivity index (χ1v) is 7.52. The molecule has 0 spiro atoms. The molecule has 9 heteroatoms. The smallest absolute Gasteiger partial charge is 0.451 e. The van der Waals surface area contributed by atoms with Gasteiger partial charge >= 0.3 is 12.1 Å². The highest BCUT2D eigenvalue weighted by Crippen LogP contribution is 2.26. The van der Waals surface area contributed by atoms with Gasteiger partial charge < -0.3 is 10.4 Å². The number of halogens is 3. The van der Waals surface area contributed by atoms with Crippen molar-refractivity contribution in [3.05, 3.63) is 58.2 Å². The Balaban J connectivity index is 2.35. The van der Waals surface area contributed by atoms with Crippen LogP contribution in [0.25, 0.3) is 0 Å². The van der Waals surface area contributed by atoms with Gasteiger partial charge in [-0.1, -0.05) is 18.2 Å². The Morgan fingerprint density at radius 2 is 1.73 bits per heavy atom. The standard InChI is InChI=1S/C17H16F3N3O3/c1-8-4-5-11(6-9(8)2)13(15(25)26)23-14(24)12-7-10(3)21-16(22-12)17(18,19)20/h4-7,13H,1-3H3,(H,23,24)(H,25,26). The van der Waals surface area contributed by atoms with Crippen molar-refractivity contribution in [3.8, 4) is 0 Å². The van der Waals surface area contributed by atoms with Crippen LogP contribution in [-0.2, 0) is 11.0 Å². The molecule has 1 aromatic carbocycles. The number of hydrogen-bond donors (Lipinski definition) is 2. The number of nitrogens with one attached hydrogen (secondary N) is 1. The highest BCUT2D eigenvalue weighted by molar-refractivity contribution is 5.95. The molecule has 1 unspecified atom stereocenters. The van der Waals surface area contributed by atoms with Crippen LogP contribution in [0, 0.1) is 20.8 Å². The molecule has 1 amide bonds. The number of carboxylic acid groups (broad SMARTS) is 1. The average Bonchev–Trinajstić information content (AvgIpc) is 2.53. The monoisotopic (exact) mass is 367 g/mol. The predicted octanol–water partition coefficient (Wildman–Crippen LogP) is 2.98. The maximum absolute atomic E-state index is 12.8. The maximum atomic E-state index is 12.8. The van der Waals surface area contributed by atoms with Crippen molar-refractivity contribution in [2.24, 2.45) is 0 Å². The molecule has 0 saturated carbocycles. The first-order chi connectivity index (χ1) is 12.0. The van der Waals surface area contributed by atoms with E-state index in [0.717, 1.165) is 17.2 Å². The SMILES string of the molecule is Cc1cc(C(=O)NC(C(=O)O)c2ccc(C)c(C)c2)nc(C(F)(F)F)n1. The molecule has 0 aliphatic rings. The van der Waals surface area contributed by atoms with Gasteiger partial charge in [0.1, 0.15) is 5.69 Å². The molecule has 0 radical (unpaired) electrons. The molecule has 2 rings (SSSR count). The molecule has 1 atom stereocenters. The van der Waals surface area contributed by atoms with Crippen molar-refractivity contribution < 1.29 is 27.9 Å². The molecule has 1 aromatic heterocycles. The number of amides is 1. The topological polar surface area (TPSA) is 92.2 Å². The fourth-order valence-corrected chi connectivity index (χ4v) is 2.25. The summed E-state index contributed by atoms with van der Waals surface area (Å²) in [7, 11) is 0. The van der Waals surface area contributed by atoms with E-state index in [0.29, 0.717) is 5.56 Å². The Morgan fingerprint density at radius 1 is 1.08 bits per heavy atom. The molecule has 0 saturated heterocycles. The van der Waals surface area contributed by atoms with Crippen LogP contribution < -0.4 is 5.32 Å². The van der Waals surface area contributed by atoms with E-state index < -0.39 is 35.6 Å². The third-order valence-corrected chi connectivity index (χ3v) is 3.73. The van der Waals surface area contributed by atoms with E-state index in [9.17, 15) is 27.9 Å². The van der Waals surface area contributed by atoms with Crippen molar-refractivity contribution in [2.75, 3.05) is 0 Å². The molecule has 2 aromatic rings. The number of aromatic nitrogens is 2. The normalized spacial score (nSPS) is 12.5. The van der Waals surface area contributed by atoms with Gasteiger partial charge in [0.25, 0.3) is 5.91 Å². The molecule has 6 nitrogen and oxygen atoms in total. The van der Waals surface area contributed by atoms with Crippen LogP contribution in [0.5, 0.6) is 0 Å². The second kappa shape index (κ2) is 7.11. The van der Waals surface area contributed by atoms with Crippen LogP contribution in [0.1, 0.15) is 44.7 Å². The molecule has 138 valence electrons. The number of aryl methyl sites for hydroxylation is 3. The predicted molar refractivity (Wildman–Crippen MR) is 85.5 cm³/mol. The number of alkyl halides is 3. The van der Waals surface area contributed by atoms with Gasteiger partial charge in [0.2, 0.25) is 5.82 Å². The van der Waals surface area contributed by atoms with Crippen molar-refractivity contribution in [1.82, 2.24) is 15.3 Å². The summed E-state index contributed by atoms with van der Waals surface area (Å²) in [5, 5.41) is 11.6. The van der Waals surface area contributed by atoms with Gasteiger partial charge in [0.05, 0.1) is 0 Å². The van der Waals surface area contributed by atoms with E-state index in [1.54, 1.807) is 19.1 Å². The highest BCUT2D eigenvalue weighted by Gasteiger charge is 2.36. The summed E-state index contributed by atoms with van der Waals surface area (Å²) in [4.78, 5) is 30.3. The Morgan fingerprint density at radius 3 is 2.27 bits per heavy atom. The van der Waals surface area contributed by atoms with Gasteiger partial charge in [0, 0.05) is 5.69 Å². The van der Waals surface area contributed by atoms with Gasteiger partial charge in [0.15, 0.2) is 6.04 Å². The summed E-state index contributed by atoms with van der Waals surface area (Å²) >= 11 is 0. The second-order valence-corrected chi connectivity index (χ2v) is 5.80. The van der Waals surface area contributed by atoms with Gasteiger partial charge in [-0.2, -0.15) is 13.2 Å². The number of rotatable bonds is 4.